The summed E-state index contributed by atoms with van der Waals surface area (Å²) in [6, 6.07) is 21.8. The van der Waals surface area contributed by atoms with Gasteiger partial charge in [-0.2, -0.15) is 19.6 Å². The molecule has 4 aromatic heterocycles. The summed E-state index contributed by atoms with van der Waals surface area (Å²) in [5.41, 5.74) is 6.24. The highest BCUT2D eigenvalue weighted by molar-refractivity contribution is 7.12. The lowest BCUT2D eigenvalue weighted by molar-refractivity contribution is 0.420. The maximum absolute atomic E-state index is 11.8. The molecule has 3 aromatic carbocycles. The van der Waals surface area contributed by atoms with Gasteiger partial charge in [-0.25, -0.2) is 9.97 Å². The van der Waals surface area contributed by atoms with Crippen LogP contribution in [0.15, 0.2) is 83.6 Å². The van der Waals surface area contributed by atoms with Crippen LogP contribution in [-0.2, 0) is 0 Å². The lowest BCUT2D eigenvalue weighted by Gasteiger charge is -2.18. The van der Waals surface area contributed by atoms with E-state index in [2.05, 4.69) is 20.2 Å². The minimum Gasteiger partial charge on any atom is -0.507 e. The molecule has 0 aliphatic heterocycles. The van der Waals surface area contributed by atoms with Crippen molar-refractivity contribution < 1.29 is 20.4 Å². The van der Waals surface area contributed by atoms with Crippen LogP contribution in [0.4, 0.5) is 0 Å². The molecule has 0 saturated carbocycles. The number of hydrogen-bond donors (Lipinski definition) is 4. The summed E-state index contributed by atoms with van der Waals surface area (Å²) >= 11 is 2.57. The van der Waals surface area contributed by atoms with Gasteiger partial charge in [0.15, 0.2) is 0 Å². The number of aromatic nitrogens is 6. The Hall–Kier alpha value is -5.46. The first-order valence-corrected chi connectivity index (χ1v) is 16.1. The smallest absolute Gasteiger partial charge is 0.220 e. The van der Waals surface area contributed by atoms with Crippen LogP contribution in [0.1, 0.15) is 39.6 Å². The van der Waals surface area contributed by atoms with Crippen LogP contribution in [0.25, 0.3) is 32.8 Å². The minimum atomic E-state index is -0.640. The van der Waals surface area contributed by atoms with Crippen molar-refractivity contribution in [3.05, 3.63) is 117 Å². The van der Waals surface area contributed by atoms with Crippen molar-refractivity contribution in [2.45, 2.75) is 26.7 Å². The zero-order valence-corrected chi connectivity index (χ0v) is 26.6. The summed E-state index contributed by atoms with van der Waals surface area (Å²) in [5, 5.41) is 58.1. The van der Waals surface area contributed by atoms with E-state index in [9.17, 15) is 20.4 Å². The van der Waals surface area contributed by atoms with Gasteiger partial charge in [-0.3, -0.25) is 0 Å². The molecule has 0 saturated heterocycles. The molecule has 46 heavy (non-hydrogen) atoms. The molecule has 0 spiro atoms. The Balaban J connectivity index is 1.35. The topological polar surface area (TPSA) is 142 Å². The molecular weight excluding hydrogens is 621 g/mol. The average molecular weight is 649 g/mol. The molecule has 0 radical (unpaired) electrons. The third kappa shape index (κ3) is 4.97. The fraction of sp³-hybridized carbons (Fsp3) is 0.118. The molecule has 7 rings (SSSR count). The standard InChI is InChI=1S/C34H28N6O4S2/c1-18-12-14-21(15-13-18)30(28-19(2)37-39(31(28)43)33-35-24(16-45-33)22-8-4-6-10-26(22)41)29-20(3)38-40(32(29)44)34-36-25(17-46-34)23-9-5-7-11-27(23)42/h4-17,30,41-44H,1-3H3. The number of thiazole rings is 2. The monoisotopic (exact) mass is 648 g/mol. The molecule has 0 fully saturated rings. The molecule has 0 unspecified atom stereocenters. The Morgan fingerprint density at radius 3 is 1.46 bits per heavy atom. The number of phenols is 2. The first kappa shape index (κ1) is 29.3. The summed E-state index contributed by atoms with van der Waals surface area (Å²) in [6.45, 7) is 5.61. The van der Waals surface area contributed by atoms with E-state index in [1.807, 2.05) is 43.3 Å². The molecule has 230 valence electrons. The van der Waals surface area contributed by atoms with Crippen LogP contribution in [0, 0.1) is 20.8 Å². The van der Waals surface area contributed by atoms with Gasteiger partial charge in [-0.15, -0.1) is 22.7 Å². The van der Waals surface area contributed by atoms with Crippen molar-refractivity contribution in [1.82, 2.24) is 29.5 Å². The van der Waals surface area contributed by atoms with E-state index >= 15 is 0 Å². The number of nitrogens with zero attached hydrogens (tertiary/aromatic N) is 6. The third-order valence-corrected chi connectivity index (χ3v) is 9.49. The van der Waals surface area contributed by atoms with E-state index in [1.165, 1.54) is 32.0 Å². The van der Waals surface area contributed by atoms with Crippen LogP contribution in [-0.4, -0.2) is 50.0 Å². The maximum Gasteiger partial charge on any atom is 0.220 e. The molecule has 0 aliphatic carbocycles. The summed E-state index contributed by atoms with van der Waals surface area (Å²) < 4.78 is 2.77. The fourth-order valence-electron chi connectivity index (χ4n) is 5.58. The minimum absolute atomic E-state index is 0.108. The van der Waals surface area contributed by atoms with Gasteiger partial charge in [0.05, 0.1) is 22.8 Å². The molecule has 0 bridgehead atoms. The van der Waals surface area contributed by atoms with Gasteiger partial charge in [0.2, 0.25) is 22.0 Å². The Kier molecular flexibility index (Phi) is 7.30. The molecule has 12 heteroatoms. The number of benzene rings is 3. The normalized spacial score (nSPS) is 11.5. The van der Waals surface area contributed by atoms with E-state index in [-0.39, 0.29) is 23.3 Å². The summed E-state index contributed by atoms with van der Waals surface area (Å²) in [7, 11) is 0. The average Bonchev–Trinajstić information content (AvgIpc) is 3.83. The number of aryl methyl sites for hydroxylation is 3. The van der Waals surface area contributed by atoms with Gasteiger partial charge < -0.3 is 20.4 Å². The number of aromatic hydroxyl groups is 4. The number of rotatable bonds is 7. The Morgan fingerprint density at radius 2 is 1.02 bits per heavy atom. The van der Waals surface area contributed by atoms with Gasteiger partial charge in [0, 0.05) is 38.9 Å². The Morgan fingerprint density at radius 1 is 0.587 bits per heavy atom. The van der Waals surface area contributed by atoms with Crippen molar-refractivity contribution in [2.24, 2.45) is 0 Å². The van der Waals surface area contributed by atoms with Crippen molar-refractivity contribution in [1.29, 1.82) is 0 Å². The van der Waals surface area contributed by atoms with E-state index in [1.54, 1.807) is 61.0 Å². The highest BCUT2D eigenvalue weighted by atomic mass is 32.1. The van der Waals surface area contributed by atoms with E-state index < -0.39 is 5.92 Å². The Labute approximate surface area is 271 Å². The van der Waals surface area contributed by atoms with Crippen LogP contribution in [0.3, 0.4) is 0 Å². The SMILES string of the molecule is Cc1ccc(C(c2c(C)nn(-c3nc(-c4ccccc4O)cs3)c2O)c2c(C)nn(-c3nc(-c4ccccc4O)cs3)c2O)cc1. The molecule has 0 amide bonds. The van der Waals surface area contributed by atoms with Gasteiger partial charge in [0.1, 0.15) is 11.5 Å². The third-order valence-electron chi connectivity index (χ3n) is 7.86. The first-order chi connectivity index (χ1) is 22.2. The van der Waals surface area contributed by atoms with E-state index in [4.69, 9.17) is 0 Å². The summed E-state index contributed by atoms with van der Waals surface area (Å²) in [5.74, 6) is -0.668. The molecular formula is C34H28N6O4S2. The van der Waals surface area contributed by atoms with Crippen LogP contribution in [0.5, 0.6) is 23.3 Å². The molecule has 10 nitrogen and oxygen atoms in total. The van der Waals surface area contributed by atoms with Crippen molar-refractivity contribution in [3.63, 3.8) is 0 Å². The van der Waals surface area contributed by atoms with Crippen LogP contribution in [0.2, 0.25) is 0 Å². The molecule has 4 heterocycles. The molecule has 7 aromatic rings. The molecule has 0 atom stereocenters. The Bertz CT molecular complexity index is 2080. The molecule has 4 N–H and O–H groups in total. The quantitative estimate of drug-likeness (QED) is 0.142. The number of phenolic OH excluding ortho intramolecular Hbond substituents is 2. The highest BCUT2D eigenvalue weighted by Crippen LogP contribution is 2.45. The predicted octanol–water partition coefficient (Wildman–Crippen LogP) is 7.23. The second-order valence-electron chi connectivity index (χ2n) is 10.9. The van der Waals surface area contributed by atoms with Crippen LogP contribution >= 0.6 is 22.7 Å². The lowest BCUT2D eigenvalue weighted by Crippen LogP contribution is -2.06. The number of para-hydroxylation sites is 2. The highest BCUT2D eigenvalue weighted by Gasteiger charge is 2.34. The summed E-state index contributed by atoms with van der Waals surface area (Å²) in [4.78, 5) is 9.33. The summed E-state index contributed by atoms with van der Waals surface area (Å²) in [6.07, 6.45) is 0. The fourth-order valence-corrected chi connectivity index (χ4v) is 7.13. The van der Waals surface area contributed by atoms with Gasteiger partial charge in [-0.1, -0.05) is 54.1 Å². The first-order valence-electron chi connectivity index (χ1n) is 14.3. The van der Waals surface area contributed by atoms with Crippen molar-refractivity contribution >= 4 is 22.7 Å². The zero-order valence-electron chi connectivity index (χ0n) is 24.9. The zero-order chi connectivity index (χ0) is 32.1. The van der Waals surface area contributed by atoms with Crippen molar-refractivity contribution in [3.8, 4) is 56.0 Å². The second-order valence-corrected chi connectivity index (χ2v) is 12.6. The van der Waals surface area contributed by atoms with Gasteiger partial charge in [0.25, 0.3) is 0 Å². The second kappa shape index (κ2) is 11.5. The predicted molar refractivity (Wildman–Crippen MR) is 178 cm³/mol. The van der Waals surface area contributed by atoms with Gasteiger partial charge in [-0.05, 0) is 50.6 Å². The van der Waals surface area contributed by atoms with E-state index in [0.717, 1.165) is 11.1 Å². The maximum atomic E-state index is 11.8. The van der Waals surface area contributed by atoms with Crippen LogP contribution < -0.4 is 0 Å². The van der Waals surface area contributed by atoms with Gasteiger partial charge >= 0.3 is 0 Å². The largest absolute Gasteiger partial charge is 0.507 e. The van der Waals surface area contributed by atoms with Crippen molar-refractivity contribution in [2.75, 3.05) is 0 Å². The lowest BCUT2D eigenvalue weighted by atomic mass is 9.84. The molecule has 0 aliphatic rings. The number of hydrogen-bond acceptors (Lipinski definition) is 10. The van der Waals surface area contributed by atoms with E-state index in [0.29, 0.717) is 55.3 Å².